The molecule has 2 aromatic rings. The molecule has 24 heavy (non-hydrogen) atoms. The van der Waals surface area contributed by atoms with Crippen LogP contribution >= 0.6 is 11.3 Å². The molecule has 1 saturated heterocycles. The number of piperidine rings is 1. The molecular formula is C16H21N5O2S. The Morgan fingerprint density at radius 2 is 2.29 bits per heavy atom. The fraction of sp³-hybridized carbons (Fsp3) is 0.625. The van der Waals surface area contributed by atoms with Crippen molar-refractivity contribution < 1.29 is 9.32 Å². The third-order valence-electron chi connectivity index (χ3n) is 4.79. The van der Waals surface area contributed by atoms with E-state index >= 15 is 0 Å². The minimum atomic E-state index is -0.202. The van der Waals surface area contributed by atoms with Gasteiger partial charge >= 0.3 is 0 Å². The Bertz CT molecular complexity index is 697. The Morgan fingerprint density at radius 3 is 3.04 bits per heavy atom. The highest BCUT2D eigenvalue weighted by Gasteiger charge is 2.33. The molecule has 2 fully saturated rings. The summed E-state index contributed by atoms with van der Waals surface area (Å²) >= 11 is 1.43. The molecule has 2 atom stereocenters. The van der Waals surface area contributed by atoms with Gasteiger partial charge in [0.1, 0.15) is 0 Å². The van der Waals surface area contributed by atoms with Crippen molar-refractivity contribution in [2.24, 2.45) is 0 Å². The first-order chi connectivity index (χ1) is 11.7. The second-order valence-corrected chi connectivity index (χ2v) is 7.50. The number of thiazole rings is 1. The molecule has 1 amide bonds. The summed E-state index contributed by atoms with van der Waals surface area (Å²) in [5.74, 6) is 2.29. The molecule has 7 nitrogen and oxygen atoms in total. The Balaban J connectivity index is 1.38. The van der Waals surface area contributed by atoms with Crippen LogP contribution < -0.4 is 5.32 Å². The van der Waals surface area contributed by atoms with E-state index in [4.69, 9.17) is 4.52 Å². The van der Waals surface area contributed by atoms with E-state index in [0.717, 1.165) is 50.5 Å². The fourth-order valence-corrected chi connectivity index (χ4v) is 3.67. The molecule has 2 unspecified atom stereocenters. The number of aromatic nitrogens is 3. The summed E-state index contributed by atoms with van der Waals surface area (Å²) in [6.45, 7) is 3.64. The SMILES string of the molecule is CC(C(=O)Nc1nccs1)N1CCCC(c2noc(C3CC3)n2)C1. The summed E-state index contributed by atoms with van der Waals surface area (Å²) in [5, 5.41) is 9.55. The van der Waals surface area contributed by atoms with Crippen LogP contribution in [0.4, 0.5) is 5.13 Å². The van der Waals surface area contributed by atoms with Crippen LogP contribution in [0, 0.1) is 0 Å². The fourth-order valence-electron chi connectivity index (χ4n) is 3.14. The van der Waals surface area contributed by atoms with E-state index in [1.54, 1.807) is 6.20 Å². The largest absolute Gasteiger partial charge is 0.339 e. The van der Waals surface area contributed by atoms with Gasteiger partial charge in [-0.05, 0) is 39.2 Å². The zero-order valence-corrected chi connectivity index (χ0v) is 14.5. The molecule has 0 radical (unpaired) electrons. The van der Waals surface area contributed by atoms with Gasteiger partial charge in [-0.25, -0.2) is 4.98 Å². The number of hydrogen-bond acceptors (Lipinski definition) is 7. The Morgan fingerprint density at radius 1 is 1.42 bits per heavy atom. The molecule has 1 aliphatic carbocycles. The molecule has 1 N–H and O–H groups in total. The predicted octanol–water partition coefficient (Wildman–Crippen LogP) is 2.61. The van der Waals surface area contributed by atoms with Gasteiger partial charge in [-0.3, -0.25) is 9.69 Å². The summed E-state index contributed by atoms with van der Waals surface area (Å²) in [7, 11) is 0. The van der Waals surface area contributed by atoms with E-state index in [-0.39, 0.29) is 17.9 Å². The minimum absolute atomic E-state index is 0.0163. The lowest BCUT2D eigenvalue weighted by molar-refractivity contribution is -0.121. The highest BCUT2D eigenvalue weighted by molar-refractivity contribution is 7.13. The van der Waals surface area contributed by atoms with Gasteiger partial charge in [-0.15, -0.1) is 11.3 Å². The van der Waals surface area contributed by atoms with E-state index in [1.807, 2.05) is 12.3 Å². The number of nitrogens with zero attached hydrogens (tertiary/aromatic N) is 4. The van der Waals surface area contributed by atoms with Crippen molar-refractivity contribution in [1.29, 1.82) is 0 Å². The van der Waals surface area contributed by atoms with Crippen molar-refractivity contribution in [3.63, 3.8) is 0 Å². The number of hydrogen-bond donors (Lipinski definition) is 1. The minimum Gasteiger partial charge on any atom is -0.339 e. The topological polar surface area (TPSA) is 84.2 Å². The van der Waals surface area contributed by atoms with Gasteiger partial charge in [0, 0.05) is 30.0 Å². The molecular weight excluding hydrogens is 326 g/mol. The molecule has 2 aromatic heterocycles. The number of carbonyl (C=O) groups is 1. The second-order valence-electron chi connectivity index (χ2n) is 6.60. The Labute approximate surface area is 144 Å². The average molecular weight is 347 g/mol. The summed E-state index contributed by atoms with van der Waals surface area (Å²) in [5.41, 5.74) is 0. The Hall–Kier alpha value is -1.80. The first-order valence-electron chi connectivity index (χ1n) is 8.48. The zero-order valence-electron chi connectivity index (χ0n) is 13.6. The first kappa shape index (κ1) is 15.7. The van der Waals surface area contributed by atoms with Crippen LogP contribution in [-0.4, -0.2) is 45.1 Å². The summed E-state index contributed by atoms with van der Waals surface area (Å²) in [6.07, 6.45) is 6.09. The van der Waals surface area contributed by atoms with Crippen LogP contribution in [0.5, 0.6) is 0 Å². The van der Waals surface area contributed by atoms with Crippen LogP contribution in [0.1, 0.15) is 56.2 Å². The predicted molar refractivity (Wildman–Crippen MR) is 90.0 cm³/mol. The normalized spacial score (nSPS) is 23.1. The van der Waals surface area contributed by atoms with Crippen LogP contribution in [0.3, 0.4) is 0 Å². The quantitative estimate of drug-likeness (QED) is 0.895. The van der Waals surface area contributed by atoms with Crippen molar-refractivity contribution in [3.05, 3.63) is 23.3 Å². The number of nitrogens with one attached hydrogen (secondary N) is 1. The van der Waals surface area contributed by atoms with Crippen LogP contribution in [0.25, 0.3) is 0 Å². The van der Waals surface area contributed by atoms with Crippen LogP contribution in [0.15, 0.2) is 16.1 Å². The molecule has 128 valence electrons. The van der Waals surface area contributed by atoms with E-state index in [0.29, 0.717) is 11.0 Å². The summed E-state index contributed by atoms with van der Waals surface area (Å²) < 4.78 is 5.39. The third-order valence-corrected chi connectivity index (χ3v) is 5.48. The van der Waals surface area contributed by atoms with Crippen molar-refractivity contribution in [2.75, 3.05) is 18.4 Å². The number of rotatable bonds is 5. The third kappa shape index (κ3) is 3.34. The Kier molecular flexibility index (Phi) is 4.32. The van der Waals surface area contributed by atoms with Crippen molar-refractivity contribution in [3.8, 4) is 0 Å². The molecule has 8 heteroatoms. The maximum absolute atomic E-state index is 12.4. The van der Waals surface area contributed by atoms with Crippen molar-refractivity contribution >= 4 is 22.4 Å². The molecule has 2 aliphatic rings. The van der Waals surface area contributed by atoms with Crippen molar-refractivity contribution in [1.82, 2.24) is 20.0 Å². The molecule has 0 spiro atoms. The van der Waals surface area contributed by atoms with E-state index < -0.39 is 0 Å². The lowest BCUT2D eigenvalue weighted by Gasteiger charge is -2.34. The van der Waals surface area contributed by atoms with E-state index in [9.17, 15) is 4.79 Å². The highest BCUT2D eigenvalue weighted by atomic mass is 32.1. The number of anilines is 1. The van der Waals surface area contributed by atoms with Crippen LogP contribution in [0.2, 0.25) is 0 Å². The van der Waals surface area contributed by atoms with Gasteiger partial charge in [0.15, 0.2) is 11.0 Å². The second kappa shape index (κ2) is 6.60. The van der Waals surface area contributed by atoms with Gasteiger partial charge in [-0.1, -0.05) is 5.16 Å². The van der Waals surface area contributed by atoms with E-state index in [2.05, 4.69) is 25.3 Å². The maximum atomic E-state index is 12.4. The first-order valence-corrected chi connectivity index (χ1v) is 9.36. The lowest BCUT2D eigenvalue weighted by atomic mass is 9.96. The van der Waals surface area contributed by atoms with Gasteiger partial charge in [0.2, 0.25) is 11.8 Å². The number of likely N-dealkylation sites (tertiary alicyclic amines) is 1. The van der Waals surface area contributed by atoms with Crippen molar-refractivity contribution in [2.45, 2.75) is 50.5 Å². The molecule has 0 aromatic carbocycles. The molecule has 3 heterocycles. The summed E-state index contributed by atoms with van der Waals surface area (Å²) in [6, 6.07) is -0.202. The van der Waals surface area contributed by atoms with Gasteiger partial charge in [0.05, 0.1) is 6.04 Å². The summed E-state index contributed by atoms with van der Waals surface area (Å²) in [4.78, 5) is 23.3. The highest BCUT2D eigenvalue weighted by Crippen LogP contribution is 2.39. The molecule has 1 saturated carbocycles. The average Bonchev–Trinajstić information content (AvgIpc) is 3.11. The van der Waals surface area contributed by atoms with Gasteiger partial charge in [0.25, 0.3) is 0 Å². The van der Waals surface area contributed by atoms with Gasteiger partial charge < -0.3 is 9.84 Å². The lowest BCUT2D eigenvalue weighted by Crippen LogP contribution is -2.46. The smallest absolute Gasteiger partial charge is 0.243 e. The monoisotopic (exact) mass is 347 g/mol. The number of amides is 1. The van der Waals surface area contributed by atoms with Gasteiger partial charge in [-0.2, -0.15) is 4.98 Å². The zero-order chi connectivity index (χ0) is 16.5. The molecule has 1 aliphatic heterocycles. The van der Waals surface area contributed by atoms with Crippen LogP contribution in [-0.2, 0) is 4.79 Å². The molecule has 4 rings (SSSR count). The molecule has 0 bridgehead atoms. The standard InChI is InChI=1S/C16H21N5O2S/c1-10(14(22)19-16-17-6-8-24-16)21-7-2-3-12(9-21)13-18-15(23-20-13)11-4-5-11/h6,8,10-12H,2-5,7,9H2,1H3,(H,17,19,22). The maximum Gasteiger partial charge on any atom is 0.243 e. The number of carbonyl (C=O) groups excluding carboxylic acids is 1. The van der Waals surface area contributed by atoms with E-state index in [1.165, 1.54) is 11.3 Å².